The van der Waals surface area contributed by atoms with Crippen LogP contribution < -0.4 is 5.32 Å². The molecule has 0 aromatic rings. The fourth-order valence-electron chi connectivity index (χ4n) is 2.13. The van der Waals surface area contributed by atoms with Gasteiger partial charge in [-0.25, -0.2) is 4.79 Å². The summed E-state index contributed by atoms with van der Waals surface area (Å²) in [5.74, 6) is -0.765. The van der Waals surface area contributed by atoms with E-state index >= 15 is 0 Å². The molecule has 0 heterocycles. The first-order chi connectivity index (χ1) is 9.44. The van der Waals surface area contributed by atoms with E-state index in [0.717, 1.165) is 0 Å². The molecule has 1 rings (SSSR count). The topological polar surface area (TPSA) is 136 Å². The molecule has 5 N–H and O–H groups in total. The van der Waals surface area contributed by atoms with Gasteiger partial charge in [0.2, 0.25) is 0 Å². The summed E-state index contributed by atoms with van der Waals surface area (Å²) in [6.07, 6.45) is -5.85. The van der Waals surface area contributed by atoms with Gasteiger partial charge in [-0.1, -0.05) is 0 Å². The number of rotatable bonds is 3. The van der Waals surface area contributed by atoms with Crippen molar-refractivity contribution in [2.45, 2.75) is 63.1 Å². The molecular formula is C13H23NO7. The van der Waals surface area contributed by atoms with Crippen LogP contribution in [0.2, 0.25) is 0 Å². The SMILES string of the molecule is CC(C)(C)OC(=O)NCC(=O)C1(O)C[C@@H](O)C(O)[C@H](O)C1. The predicted molar refractivity (Wildman–Crippen MR) is 71.4 cm³/mol. The molecule has 0 radical (unpaired) electrons. The molecule has 1 aliphatic carbocycles. The largest absolute Gasteiger partial charge is 0.444 e. The number of ether oxygens (including phenoxy) is 1. The number of hydrogen-bond acceptors (Lipinski definition) is 7. The van der Waals surface area contributed by atoms with Crippen molar-refractivity contribution in [1.82, 2.24) is 5.32 Å². The number of alkyl carbamates (subject to hydrolysis) is 1. The van der Waals surface area contributed by atoms with E-state index in [-0.39, 0.29) is 0 Å². The highest BCUT2D eigenvalue weighted by atomic mass is 16.6. The van der Waals surface area contributed by atoms with Gasteiger partial charge >= 0.3 is 6.09 Å². The van der Waals surface area contributed by atoms with E-state index in [2.05, 4.69) is 5.32 Å². The Morgan fingerprint density at radius 2 is 1.67 bits per heavy atom. The normalized spacial score (nSPS) is 33.4. The molecule has 8 nitrogen and oxygen atoms in total. The van der Waals surface area contributed by atoms with Gasteiger partial charge < -0.3 is 30.5 Å². The number of ketones is 1. The molecule has 122 valence electrons. The molecule has 0 spiro atoms. The van der Waals surface area contributed by atoms with Crippen LogP contribution >= 0.6 is 0 Å². The Balaban J connectivity index is 2.57. The van der Waals surface area contributed by atoms with Crippen LogP contribution in [0.25, 0.3) is 0 Å². The van der Waals surface area contributed by atoms with Crippen LogP contribution in [-0.4, -0.2) is 68.4 Å². The van der Waals surface area contributed by atoms with E-state index in [1.165, 1.54) is 0 Å². The highest BCUT2D eigenvalue weighted by Gasteiger charge is 2.47. The number of amides is 1. The van der Waals surface area contributed by atoms with Crippen LogP contribution in [-0.2, 0) is 9.53 Å². The summed E-state index contributed by atoms with van der Waals surface area (Å²) in [5.41, 5.74) is -2.71. The molecule has 1 fully saturated rings. The van der Waals surface area contributed by atoms with Gasteiger partial charge in [-0.05, 0) is 20.8 Å². The number of nitrogens with one attached hydrogen (secondary N) is 1. The summed E-state index contributed by atoms with van der Waals surface area (Å²) in [6.45, 7) is 4.49. The van der Waals surface area contributed by atoms with E-state index in [9.17, 15) is 30.0 Å². The third-order valence-corrected chi connectivity index (χ3v) is 3.19. The number of aliphatic hydroxyl groups excluding tert-OH is 3. The average molecular weight is 305 g/mol. The van der Waals surface area contributed by atoms with Crippen LogP contribution in [0.15, 0.2) is 0 Å². The van der Waals surface area contributed by atoms with Crippen LogP contribution in [0.5, 0.6) is 0 Å². The maximum atomic E-state index is 12.0. The zero-order valence-electron chi connectivity index (χ0n) is 12.4. The lowest BCUT2D eigenvalue weighted by Crippen LogP contribution is -2.57. The lowest BCUT2D eigenvalue weighted by atomic mass is 9.77. The minimum atomic E-state index is -1.99. The van der Waals surface area contributed by atoms with Crippen molar-refractivity contribution in [2.75, 3.05) is 6.54 Å². The molecule has 0 unspecified atom stereocenters. The molecule has 8 heteroatoms. The van der Waals surface area contributed by atoms with Crippen molar-refractivity contribution < 1.29 is 34.8 Å². The van der Waals surface area contributed by atoms with Crippen molar-refractivity contribution in [2.24, 2.45) is 0 Å². The number of hydrogen-bond donors (Lipinski definition) is 5. The third kappa shape index (κ3) is 4.92. The van der Waals surface area contributed by atoms with Crippen molar-refractivity contribution >= 4 is 11.9 Å². The van der Waals surface area contributed by atoms with Crippen molar-refractivity contribution in [3.8, 4) is 0 Å². The zero-order chi connectivity index (χ0) is 16.4. The second kappa shape index (κ2) is 6.27. The van der Waals surface area contributed by atoms with Gasteiger partial charge in [0.1, 0.15) is 17.3 Å². The Hall–Kier alpha value is -1.22. The van der Waals surface area contributed by atoms with E-state index in [1.807, 2.05) is 0 Å². The van der Waals surface area contributed by atoms with E-state index < -0.39 is 60.8 Å². The molecular weight excluding hydrogens is 282 g/mol. The number of Topliss-reactive ketones (excluding diaryl/α,β-unsaturated/α-hetero) is 1. The average Bonchev–Trinajstić information content (AvgIpc) is 2.30. The standard InChI is InChI=1S/C13H23NO7/c1-12(2,3)21-11(19)14-6-9(17)13(20)4-7(15)10(18)8(16)5-13/h7-8,10,15-16,18,20H,4-6H2,1-3H3,(H,14,19)/t7-,8-,10?,13?/m1/s1. The van der Waals surface area contributed by atoms with Crippen LogP contribution in [0, 0.1) is 0 Å². The van der Waals surface area contributed by atoms with E-state index in [0.29, 0.717) is 0 Å². The number of aliphatic hydroxyl groups is 4. The molecule has 0 saturated heterocycles. The van der Waals surface area contributed by atoms with Gasteiger partial charge in [-0.15, -0.1) is 0 Å². The van der Waals surface area contributed by atoms with E-state index in [4.69, 9.17) is 4.74 Å². The van der Waals surface area contributed by atoms with Gasteiger partial charge in [0.25, 0.3) is 0 Å². The first-order valence-electron chi connectivity index (χ1n) is 6.71. The molecule has 0 aliphatic heterocycles. The quantitative estimate of drug-likeness (QED) is 0.436. The minimum absolute atomic E-state index is 0.403. The summed E-state index contributed by atoms with van der Waals surface area (Å²) in [5, 5.41) is 40.8. The first kappa shape index (κ1) is 17.8. The summed E-state index contributed by atoms with van der Waals surface area (Å²) >= 11 is 0. The zero-order valence-corrected chi connectivity index (χ0v) is 12.4. The van der Waals surface area contributed by atoms with Crippen molar-refractivity contribution in [3.63, 3.8) is 0 Å². The highest BCUT2D eigenvalue weighted by molar-refractivity contribution is 5.91. The second-order valence-corrected chi connectivity index (χ2v) is 6.34. The lowest BCUT2D eigenvalue weighted by Gasteiger charge is -2.39. The fourth-order valence-corrected chi connectivity index (χ4v) is 2.13. The summed E-state index contributed by atoms with van der Waals surface area (Å²) in [7, 11) is 0. The predicted octanol–water partition coefficient (Wildman–Crippen LogP) is -1.31. The van der Waals surface area contributed by atoms with Crippen molar-refractivity contribution in [1.29, 1.82) is 0 Å². The molecule has 1 aliphatic rings. The van der Waals surface area contributed by atoms with Crippen molar-refractivity contribution in [3.05, 3.63) is 0 Å². The van der Waals surface area contributed by atoms with Crippen LogP contribution in [0.4, 0.5) is 4.79 Å². The third-order valence-electron chi connectivity index (χ3n) is 3.19. The van der Waals surface area contributed by atoms with Gasteiger partial charge in [-0.2, -0.15) is 0 Å². The van der Waals surface area contributed by atoms with Gasteiger partial charge in [-0.3, -0.25) is 4.79 Å². The Labute approximate surface area is 122 Å². The Morgan fingerprint density at radius 3 is 2.10 bits per heavy atom. The van der Waals surface area contributed by atoms with Gasteiger partial charge in [0, 0.05) is 12.8 Å². The second-order valence-electron chi connectivity index (χ2n) is 6.34. The highest BCUT2D eigenvalue weighted by Crippen LogP contribution is 2.29. The summed E-state index contributed by atoms with van der Waals surface area (Å²) in [6, 6.07) is 0. The molecule has 1 saturated carbocycles. The van der Waals surface area contributed by atoms with Crippen LogP contribution in [0.3, 0.4) is 0 Å². The molecule has 21 heavy (non-hydrogen) atoms. The molecule has 2 atom stereocenters. The summed E-state index contributed by atoms with van der Waals surface area (Å²) < 4.78 is 4.95. The fraction of sp³-hybridized carbons (Fsp3) is 0.846. The summed E-state index contributed by atoms with van der Waals surface area (Å²) in [4.78, 5) is 23.4. The Bertz CT molecular complexity index is 392. The molecule has 0 aromatic carbocycles. The maximum Gasteiger partial charge on any atom is 0.408 e. The maximum absolute atomic E-state index is 12.0. The minimum Gasteiger partial charge on any atom is -0.444 e. The Kier molecular flexibility index (Phi) is 5.32. The first-order valence-corrected chi connectivity index (χ1v) is 6.71. The molecule has 1 amide bonds. The monoisotopic (exact) mass is 305 g/mol. The molecule has 0 bridgehead atoms. The number of carbonyl (C=O) groups excluding carboxylic acids is 2. The number of carbonyl (C=O) groups is 2. The van der Waals surface area contributed by atoms with Gasteiger partial charge in [0.15, 0.2) is 5.78 Å². The van der Waals surface area contributed by atoms with Gasteiger partial charge in [0.05, 0.1) is 18.8 Å². The lowest BCUT2D eigenvalue weighted by molar-refractivity contribution is -0.170. The van der Waals surface area contributed by atoms with E-state index in [1.54, 1.807) is 20.8 Å². The molecule has 0 aromatic heterocycles. The smallest absolute Gasteiger partial charge is 0.408 e. The Morgan fingerprint density at radius 1 is 1.19 bits per heavy atom. The van der Waals surface area contributed by atoms with Crippen LogP contribution in [0.1, 0.15) is 33.6 Å².